The maximum atomic E-state index is 13.0. The Balaban J connectivity index is 1.53. The van der Waals surface area contributed by atoms with Gasteiger partial charge in [0, 0.05) is 25.4 Å². The van der Waals surface area contributed by atoms with E-state index < -0.39 is 6.10 Å². The van der Waals surface area contributed by atoms with Crippen molar-refractivity contribution < 1.29 is 9.50 Å². The number of nitrogens with zero attached hydrogens (tertiary/aromatic N) is 3. The number of aliphatic hydroxyl groups excluding tert-OH is 1. The van der Waals surface area contributed by atoms with Gasteiger partial charge >= 0.3 is 0 Å². The van der Waals surface area contributed by atoms with Crippen LogP contribution in [-0.2, 0) is 13.6 Å². The molecule has 0 amide bonds. The van der Waals surface area contributed by atoms with Crippen LogP contribution >= 0.6 is 0 Å². The summed E-state index contributed by atoms with van der Waals surface area (Å²) in [4.78, 5) is 2.39. The fraction of sp³-hybridized carbons (Fsp3) is 0.471. The Kier molecular flexibility index (Phi) is 4.55. The summed E-state index contributed by atoms with van der Waals surface area (Å²) >= 11 is 0. The lowest BCUT2D eigenvalue weighted by Gasteiger charge is -2.34. The number of piperidine rings is 1. The summed E-state index contributed by atoms with van der Waals surface area (Å²) in [6, 6.07) is 6.19. The van der Waals surface area contributed by atoms with E-state index in [0.29, 0.717) is 0 Å². The van der Waals surface area contributed by atoms with Crippen LogP contribution in [0, 0.1) is 11.7 Å². The van der Waals surface area contributed by atoms with Gasteiger partial charge in [-0.15, -0.1) is 0 Å². The van der Waals surface area contributed by atoms with Crippen molar-refractivity contribution >= 4 is 0 Å². The van der Waals surface area contributed by atoms with Crippen LogP contribution in [0.1, 0.15) is 30.1 Å². The zero-order valence-electron chi connectivity index (χ0n) is 12.8. The van der Waals surface area contributed by atoms with Crippen LogP contribution in [0.5, 0.6) is 0 Å². The monoisotopic (exact) mass is 303 g/mol. The number of halogens is 1. The van der Waals surface area contributed by atoms with Crippen molar-refractivity contribution in [3.05, 3.63) is 53.6 Å². The Morgan fingerprint density at radius 2 is 1.95 bits per heavy atom. The molecular weight excluding hydrogens is 281 g/mol. The van der Waals surface area contributed by atoms with E-state index in [9.17, 15) is 9.50 Å². The van der Waals surface area contributed by atoms with Crippen molar-refractivity contribution in [2.45, 2.75) is 25.5 Å². The Morgan fingerprint density at radius 3 is 2.55 bits per heavy atom. The third-order valence-corrected chi connectivity index (χ3v) is 4.45. The van der Waals surface area contributed by atoms with E-state index in [0.717, 1.165) is 38.0 Å². The molecule has 1 aliphatic rings. The molecule has 2 aromatic rings. The SMILES string of the molecule is Cn1cc(CN2CCC(C(O)c3ccc(F)cc3)CC2)cn1. The lowest BCUT2D eigenvalue weighted by atomic mass is 9.87. The fourth-order valence-electron chi connectivity index (χ4n) is 3.17. The molecule has 1 N–H and O–H groups in total. The molecule has 0 bridgehead atoms. The highest BCUT2D eigenvalue weighted by molar-refractivity contribution is 5.19. The summed E-state index contributed by atoms with van der Waals surface area (Å²) in [7, 11) is 1.93. The first-order valence-corrected chi connectivity index (χ1v) is 7.75. The molecule has 0 aliphatic carbocycles. The van der Waals surface area contributed by atoms with Gasteiger partial charge in [-0.3, -0.25) is 9.58 Å². The van der Waals surface area contributed by atoms with Crippen molar-refractivity contribution in [2.75, 3.05) is 13.1 Å². The molecule has 3 rings (SSSR count). The molecule has 1 unspecified atom stereocenters. The highest BCUT2D eigenvalue weighted by atomic mass is 19.1. The molecule has 0 saturated carbocycles. The minimum absolute atomic E-state index is 0.246. The first-order valence-electron chi connectivity index (χ1n) is 7.75. The summed E-state index contributed by atoms with van der Waals surface area (Å²) in [5.41, 5.74) is 2.03. The number of hydrogen-bond donors (Lipinski definition) is 1. The Bertz CT molecular complexity index is 603. The first kappa shape index (κ1) is 15.2. The summed E-state index contributed by atoms with van der Waals surface area (Å²) in [6.45, 7) is 2.85. The molecule has 22 heavy (non-hydrogen) atoms. The average molecular weight is 303 g/mol. The topological polar surface area (TPSA) is 41.3 Å². The molecule has 1 aromatic heterocycles. The molecule has 0 spiro atoms. The Hall–Kier alpha value is -1.72. The third kappa shape index (κ3) is 3.54. The predicted octanol–water partition coefficient (Wildman–Crippen LogP) is 2.50. The quantitative estimate of drug-likeness (QED) is 0.943. The van der Waals surface area contributed by atoms with Crippen LogP contribution in [0.15, 0.2) is 36.7 Å². The molecule has 1 aromatic carbocycles. The molecular formula is C17H22FN3O. The molecule has 1 aliphatic heterocycles. The standard InChI is InChI=1S/C17H22FN3O/c1-20-11-13(10-19-20)12-21-8-6-15(7-9-21)17(22)14-2-4-16(18)5-3-14/h2-5,10-11,15,17,22H,6-9,12H2,1H3. The number of hydrogen-bond acceptors (Lipinski definition) is 3. The van der Waals surface area contributed by atoms with Gasteiger partial charge in [-0.2, -0.15) is 5.10 Å². The smallest absolute Gasteiger partial charge is 0.123 e. The van der Waals surface area contributed by atoms with Crippen molar-refractivity contribution in [1.82, 2.24) is 14.7 Å². The van der Waals surface area contributed by atoms with E-state index in [1.165, 1.54) is 17.7 Å². The van der Waals surface area contributed by atoms with Crippen LogP contribution in [0.3, 0.4) is 0 Å². The van der Waals surface area contributed by atoms with E-state index in [-0.39, 0.29) is 11.7 Å². The second kappa shape index (κ2) is 6.58. The summed E-state index contributed by atoms with van der Waals surface area (Å²) < 4.78 is 14.8. The summed E-state index contributed by atoms with van der Waals surface area (Å²) in [6.07, 6.45) is 5.36. The maximum absolute atomic E-state index is 13.0. The minimum Gasteiger partial charge on any atom is -0.388 e. The molecule has 2 heterocycles. The lowest BCUT2D eigenvalue weighted by Crippen LogP contribution is -2.35. The maximum Gasteiger partial charge on any atom is 0.123 e. The van der Waals surface area contributed by atoms with Gasteiger partial charge in [0.15, 0.2) is 0 Å². The third-order valence-electron chi connectivity index (χ3n) is 4.45. The second-order valence-electron chi connectivity index (χ2n) is 6.13. The van der Waals surface area contributed by atoms with Gasteiger partial charge in [0.2, 0.25) is 0 Å². The van der Waals surface area contributed by atoms with E-state index >= 15 is 0 Å². The van der Waals surface area contributed by atoms with Gasteiger partial charge in [0.1, 0.15) is 5.82 Å². The molecule has 1 fully saturated rings. The number of rotatable bonds is 4. The zero-order valence-corrected chi connectivity index (χ0v) is 12.8. The van der Waals surface area contributed by atoms with E-state index in [1.54, 1.807) is 12.1 Å². The first-order chi connectivity index (χ1) is 10.6. The molecule has 118 valence electrons. The number of aliphatic hydroxyl groups is 1. The van der Waals surface area contributed by atoms with Crippen LogP contribution < -0.4 is 0 Å². The molecule has 0 radical (unpaired) electrons. The number of likely N-dealkylation sites (tertiary alicyclic amines) is 1. The second-order valence-corrected chi connectivity index (χ2v) is 6.13. The normalized spacial score (nSPS) is 18.5. The average Bonchev–Trinajstić information content (AvgIpc) is 2.93. The molecule has 5 heteroatoms. The fourth-order valence-corrected chi connectivity index (χ4v) is 3.17. The minimum atomic E-state index is -0.499. The van der Waals surface area contributed by atoms with Gasteiger partial charge in [-0.1, -0.05) is 12.1 Å². The van der Waals surface area contributed by atoms with Crippen LogP contribution in [0.4, 0.5) is 4.39 Å². The van der Waals surface area contributed by atoms with Crippen LogP contribution in [0.2, 0.25) is 0 Å². The van der Waals surface area contributed by atoms with Gasteiger partial charge in [0.25, 0.3) is 0 Å². The zero-order chi connectivity index (χ0) is 15.5. The van der Waals surface area contributed by atoms with Gasteiger partial charge < -0.3 is 5.11 Å². The molecule has 4 nitrogen and oxygen atoms in total. The van der Waals surface area contributed by atoms with E-state index in [4.69, 9.17) is 0 Å². The van der Waals surface area contributed by atoms with Crippen molar-refractivity contribution in [2.24, 2.45) is 13.0 Å². The van der Waals surface area contributed by atoms with Crippen molar-refractivity contribution in [1.29, 1.82) is 0 Å². The van der Waals surface area contributed by atoms with Crippen LogP contribution in [-0.4, -0.2) is 32.9 Å². The van der Waals surface area contributed by atoms with E-state index in [2.05, 4.69) is 10.00 Å². The molecule has 1 saturated heterocycles. The van der Waals surface area contributed by atoms with Gasteiger partial charge in [-0.05, 0) is 49.5 Å². The largest absolute Gasteiger partial charge is 0.388 e. The molecule has 1 atom stereocenters. The Morgan fingerprint density at radius 1 is 1.27 bits per heavy atom. The summed E-state index contributed by atoms with van der Waals surface area (Å²) in [5, 5.41) is 14.7. The van der Waals surface area contributed by atoms with Crippen molar-refractivity contribution in [3.8, 4) is 0 Å². The Labute approximate surface area is 130 Å². The van der Waals surface area contributed by atoms with E-state index in [1.807, 2.05) is 24.1 Å². The number of aromatic nitrogens is 2. The lowest BCUT2D eigenvalue weighted by molar-refractivity contribution is 0.0567. The highest BCUT2D eigenvalue weighted by Crippen LogP contribution is 2.31. The van der Waals surface area contributed by atoms with Crippen LogP contribution in [0.25, 0.3) is 0 Å². The highest BCUT2D eigenvalue weighted by Gasteiger charge is 2.26. The number of benzene rings is 1. The predicted molar refractivity (Wildman–Crippen MR) is 82.6 cm³/mol. The summed E-state index contributed by atoms with van der Waals surface area (Å²) in [5.74, 6) is -0.0159. The van der Waals surface area contributed by atoms with Gasteiger partial charge in [-0.25, -0.2) is 4.39 Å². The van der Waals surface area contributed by atoms with Gasteiger partial charge in [0.05, 0.1) is 12.3 Å². The number of aryl methyl sites for hydroxylation is 1. The van der Waals surface area contributed by atoms with Crippen molar-refractivity contribution in [3.63, 3.8) is 0 Å².